The van der Waals surface area contributed by atoms with E-state index >= 15 is 0 Å². The fourth-order valence-corrected chi connectivity index (χ4v) is 2.68. The molecule has 1 N–H and O–H groups in total. The number of amides is 1. The molecule has 1 aliphatic heterocycles. The molecule has 0 spiro atoms. The van der Waals surface area contributed by atoms with Crippen LogP contribution in [0.1, 0.15) is 40.7 Å². The highest BCUT2D eigenvalue weighted by Gasteiger charge is 2.24. The lowest BCUT2D eigenvalue weighted by atomic mass is 10.0. The summed E-state index contributed by atoms with van der Waals surface area (Å²) in [5, 5.41) is 8.75. The second kappa shape index (κ2) is 7.57. The van der Waals surface area contributed by atoms with Crippen molar-refractivity contribution in [1.82, 2.24) is 4.90 Å². The molecule has 21 heavy (non-hydrogen) atoms. The molecule has 0 atom stereocenters. The summed E-state index contributed by atoms with van der Waals surface area (Å²) in [6.07, 6.45) is 2.66. The second-order valence-electron chi connectivity index (χ2n) is 5.76. The Morgan fingerprint density at radius 3 is 2.71 bits per heavy atom. The van der Waals surface area contributed by atoms with Gasteiger partial charge in [-0.2, -0.15) is 0 Å². The lowest BCUT2D eigenvalue weighted by Gasteiger charge is -2.32. The first kappa shape index (κ1) is 16.0. The fraction of sp³-hybridized carbons (Fsp3) is 0.588. The molecule has 0 radical (unpaired) electrons. The minimum atomic E-state index is 0.130. The molecule has 1 aliphatic rings. The van der Waals surface area contributed by atoms with E-state index in [1.807, 2.05) is 36.9 Å². The SMILES string of the molecule is Cc1ccc(C)c(C(=O)N2CCC(OCCCO)CC2)c1. The Morgan fingerprint density at radius 1 is 1.33 bits per heavy atom. The molecule has 0 aromatic heterocycles. The molecule has 1 amide bonds. The van der Waals surface area contributed by atoms with Crippen molar-refractivity contribution in [3.63, 3.8) is 0 Å². The van der Waals surface area contributed by atoms with Crippen molar-refractivity contribution in [2.24, 2.45) is 0 Å². The predicted octanol–water partition coefficient (Wildman–Crippen LogP) is 2.31. The zero-order valence-corrected chi connectivity index (χ0v) is 13.0. The van der Waals surface area contributed by atoms with Crippen molar-refractivity contribution >= 4 is 5.91 Å². The summed E-state index contributed by atoms with van der Waals surface area (Å²) in [5.74, 6) is 0.130. The maximum Gasteiger partial charge on any atom is 0.254 e. The van der Waals surface area contributed by atoms with Crippen LogP contribution in [0.3, 0.4) is 0 Å². The molecule has 0 aliphatic carbocycles. The third-order valence-electron chi connectivity index (χ3n) is 4.01. The highest BCUT2D eigenvalue weighted by molar-refractivity contribution is 5.95. The molecule has 1 aromatic rings. The van der Waals surface area contributed by atoms with Crippen LogP contribution in [0.25, 0.3) is 0 Å². The van der Waals surface area contributed by atoms with Crippen LogP contribution in [0.15, 0.2) is 18.2 Å². The molecular formula is C17H25NO3. The average molecular weight is 291 g/mol. The average Bonchev–Trinajstić information content (AvgIpc) is 2.50. The number of nitrogens with zero attached hydrogens (tertiary/aromatic N) is 1. The van der Waals surface area contributed by atoms with E-state index in [-0.39, 0.29) is 18.6 Å². The van der Waals surface area contributed by atoms with Gasteiger partial charge >= 0.3 is 0 Å². The Balaban J connectivity index is 1.89. The van der Waals surface area contributed by atoms with Crippen LogP contribution in [-0.2, 0) is 4.74 Å². The summed E-state index contributed by atoms with van der Waals surface area (Å²) in [5.41, 5.74) is 2.97. The number of ether oxygens (including phenoxy) is 1. The van der Waals surface area contributed by atoms with Gasteiger partial charge in [0, 0.05) is 31.9 Å². The van der Waals surface area contributed by atoms with E-state index in [0.29, 0.717) is 13.0 Å². The number of piperidine rings is 1. The number of aliphatic hydroxyl groups excluding tert-OH is 1. The van der Waals surface area contributed by atoms with Crippen molar-refractivity contribution in [3.05, 3.63) is 34.9 Å². The number of carbonyl (C=O) groups excluding carboxylic acids is 1. The van der Waals surface area contributed by atoms with Crippen LogP contribution in [0.2, 0.25) is 0 Å². The van der Waals surface area contributed by atoms with Gasteiger partial charge in [0.2, 0.25) is 0 Å². The summed E-state index contributed by atoms with van der Waals surface area (Å²) in [6, 6.07) is 6.02. The van der Waals surface area contributed by atoms with E-state index in [1.165, 1.54) is 0 Å². The number of hydrogen-bond acceptors (Lipinski definition) is 3. The minimum Gasteiger partial charge on any atom is -0.396 e. The van der Waals surface area contributed by atoms with E-state index in [0.717, 1.165) is 42.6 Å². The number of carbonyl (C=O) groups is 1. The normalized spacial score (nSPS) is 16.2. The number of rotatable bonds is 5. The molecule has 0 unspecified atom stereocenters. The third kappa shape index (κ3) is 4.29. The van der Waals surface area contributed by atoms with Crippen molar-refractivity contribution in [1.29, 1.82) is 0 Å². The zero-order chi connectivity index (χ0) is 15.2. The number of aryl methyl sites for hydroxylation is 2. The van der Waals surface area contributed by atoms with E-state index < -0.39 is 0 Å². The standard InChI is InChI=1S/C17H25NO3/c1-13-4-5-14(2)16(12-13)17(20)18-8-6-15(7-9-18)21-11-3-10-19/h4-5,12,15,19H,3,6-11H2,1-2H3. The molecule has 1 heterocycles. The summed E-state index contributed by atoms with van der Waals surface area (Å²) < 4.78 is 5.70. The maximum absolute atomic E-state index is 12.6. The third-order valence-corrected chi connectivity index (χ3v) is 4.01. The van der Waals surface area contributed by atoms with Crippen LogP contribution < -0.4 is 0 Å². The molecule has 1 saturated heterocycles. The van der Waals surface area contributed by atoms with Crippen LogP contribution in [-0.4, -0.2) is 48.3 Å². The van der Waals surface area contributed by atoms with Gasteiger partial charge in [-0.1, -0.05) is 17.7 Å². The Morgan fingerprint density at radius 2 is 2.05 bits per heavy atom. The molecule has 4 nitrogen and oxygen atoms in total. The van der Waals surface area contributed by atoms with Crippen molar-refractivity contribution in [2.45, 2.75) is 39.2 Å². The van der Waals surface area contributed by atoms with Crippen molar-refractivity contribution in [2.75, 3.05) is 26.3 Å². The van der Waals surface area contributed by atoms with Crippen LogP contribution in [0.5, 0.6) is 0 Å². The van der Waals surface area contributed by atoms with Gasteiger partial charge in [0.25, 0.3) is 5.91 Å². The van der Waals surface area contributed by atoms with Gasteiger partial charge in [-0.15, -0.1) is 0 Å². The lowest BCUT2D eigenvalue weighted by Crippen LogP contribution is -2.41. The molecule has 2 rings (SSSR count). The zero-order valence-electron chi connectivity index (χ0n) is 13.0. The Bertz CT molecular complexity index is 479. The number of benzene rings is 1. The molecule has 0 saturated carbocycles. The Kier molecular flexibility index (Phi) is 5.76. The molecule has 0 bridgehead atoms. The molecule has 4 heteroatoms. The minimum absolute atomic E-state index is 0.130. The summed E-state index contributed by atoms with van der Waals surface area (Å²) in [4.78, 5) is 14.5. The maximum atomic E-state index is 12.6. The topological polar surface area (TPSA) is 49.8 Å². The van der Waals surface area contributed by atoms with Gasteiger partial charge < -0.3 is 14.7 Å². The van der Waals surface area contributed by atoms with E-state index in [9.17, 15) is 4.79 Å². The van der Waals surface area contributed by atoms with Crippen LogP contribution in [0.4, 0.5) is 0 Å². The lowest BCUT2D eigenvalue weighted by molar-refractivity contribution is 0.00396. The summed E-state index contributed by atoms with van der Waals surface area (Å²) in [6.45, 7) is 6.26. The Hall–Kier alpha value is -1.39. The molecular weight excluding hydrogens is 266 g/mol. The smallest absolute Gasteiger partial charge is 0.254 e. The second-order valence-corrected chi connectivity index (χ2v) is 5.76. The van der Waals surface area contributed by atoms with Crippen molar-refractivity contribution in [3.8, 4) is 0 Å². The first-order valence-electron chi connectivity index (χ1n) is 7.71. The summed E-state index contributed by atoms with van der Waals surface area (Å²) in [7, 11) is 0. The summed E-state index contributed by atoms with van der Waals surface area (Å²) >= 11 is 0. The highest BCUT2D eigenvalue weighted by atomic mass is 16.5. The van der Waals surface area contributed by atoms with E-state index in [4.69, 9.17) is 9.84 Å². The van der Waals surface area contributed by atoms with Crippen molar-refractivity contribution < 1.29 is 14.6 Å². The van der Waals surface area contributed by atoms with Gasteiger partial charge in [0.15, 0.2) is 0 Å². The first-order valence-corrected chi connectivity index (χ1v) is 7.71. The van der Waals surface area contributed by atoms with Crippen LogP contribution in [0, 0.1) is 13.8 Å². The number of likely N-dealkylation sites (tertiary alicyclic amines) is 1. The number of aliphatic hydroxyl groups is 1. The van der Waals surface area contributed by atoms with Gasteiger partial charge in [0.1, 0.15) is 0 Å². The van der Waals surface area contributed by atoms with E-state index in [1.54, 1.807) is 0 Å². The predicted molar refractivity (Wildman–Crippen MR) is 82.5 cm³/mol. The fourth-order valence-electron chi connectivity index (χ4n) is 2.68. The first-order chi connectivity index (χ1) is 10.1. The van der Waals surface area contributed by atoms with Gasteiger partial charge in [-0.05, 0) is 44.7 Å². The van der Waals surface area contributed by atoms with Gasteiger partial charge in [-0.3, -0.25) is 4.79 Å². The van der Waals surface area contributed by atoms with Crippen LogP contribution >= 0.6 is 0 Å². The quantitative estimate of drug-likeness (QED) is 0.847. The molecule has 1 fully saturated rings. The molecule has 116 valence electrons. The van der Waals surface area contributed by atoms with Gasteiger partial charge in [0.05, 0.1) is 6.10 Å². The van der Waals surface area contributed by atoms with Gasteiger partial charge in [-0.25, -0.2) is 0 Å². The largest absolute Gasteiger partial charge is 0.396 e. The monoisotopic (exact) mass is 291 g/mol. The highest BCUT2D eigenvalue weighted by Crippen LogP contribution is 2.19. The molecule has 1 aromatic carbocycles. The Labute approximate surface area is 126 Å². The van der Waals surface area contributed by atoms with E-state index in [2.05, 4.69) is 0 Å². The number of hydrogen-bond donors (Lipinski definition) is 1.